The van der Waals surface area contributed by atoms with Crippen LogP contribution in [0.25, 0.3) is 0 Å². The molecular formula is C13H12F3NO4. The molecule has 0 spiro atoms. The van der Waals surface area contributed by atoms with Crippen LogP contribution in [-0.4, -0.2) is 29.8 Å². The van der Waals surface area contributed by atoms with Crippen molar-refractivity contribution >= 4 is 17.6 Å². The lowest BCUT2D eigenvalue weighted by Gasteiger charge is -2.12. The molecule has 0 saturated heterocycles. The number of aliphatic carboxylic acids is 1. The Labute approximate surface area is 117 Å². The average Bonchev–Trinajstić information content (AvgIpc) is 3.18. The fraction of sp³-hybridized carbons (Fsp3) is 0.385. The molecule has 0 atom stereocenters. The minimum absolute atomic E-state index is 0.00435. The van der Waals surface area contributed by atoms with Gasteiger partial charge in [0.2, 0.25) is 5.91 Å². The number of anilines is 1. The quantitative estimate of drug-likeness (QED) is 0.819. The molecule has 0 radical (unpaired) electrons. The van der Waals surface area contributed by atoms with Gasteiger partial charge >= 0.3 is 12.1 Å². The summed E-state index contributed by atoms with van der Waals surface area (Å²) in [5.74, 6) is -1.80. The second-order valence-corrected chi connectivity index (χ2v) is 4.77. The van der Waals surface area contributed by atoms with Gasteiger partial charge in [-0.3, -0.25) is 9.59 Å². The van der Waals surface area contributed by atoms with E-state index in [0.29, 0.717) is 5.69 Å². The van der Waals surface area contributed by atoms with Crippen molar-refractivity contribution < 1.29 is 32.6 Å². The van der Waals surface area contributed by atoms with E-state index < -0.39 is 30.1 Å². The number of hydrogen-bond acceptors (Lipinski definition) is 3. The third-order valence-electron chi connectivity index (χ3n) is 3.11. The van der Waals surface area contributed by atoms with Crippen LogP contribution in [-0.2, 0) is 9.59 Å². The summed E-state index contributed by atoms with van der Waals surface area (Å²) in [5.41, 5.74) is -1.07. The van der Waals surface area contributed by atoms with Crippen molar-refractivity contribution in [3.8, 4) is 5.75 Å². The van der Waals surface area contributed by atoms with E-state index >= 15 is 0 Å². The Hall–Kier alpha value is -2.25. The van der Waals surface area contributed by atoms with Crippen molar-refractivity contribution in [2.45, 2.75) is 19.0 Å². The van der Waals surface area contributed by atoms with Crippen LogP contribution in [0.15, 0.2) is 24.3 Å². The summed E-state index contributed by atoms with van der Waals surface area (Å²) >= 11 is 0. The van der Waals surface area contributed by atoms with Gasteiger partial charge in [0.25, 0.3) is 0 Å². The van der Waals surface area contributed by atoms with Crippen molar-refractivity contribution in [2.24, 2.45) is 5.41 Å². The average molecular weight is 303 g/mol. The second-order valence-electron chi connectivity index (χ2n) is 4.77. The molecule has 1 aromatic carbocycles. The van der Waals surface area contributed by atoms with E-state index in [1.54, 1.807) is 0 Å². The van der Waals surface area contributed by atoms with Crippen molar-refractivity contribution in [2.75, 3.05) is 11.9 Å². The summed E-state index contributed by atoms with van der Waals surface area (Å²) in [4.78, 5) is 22.8. The first-order valence-electron chi connectivity index (χ1n) is 6.07. The van der Waals surface area contributed by atoms with Gasteiger partial charge in [0.1, 0.15) is 11.2 Å². The van der Waals surface area contributed by atoms with E-state index in [0.717, 1.165) is 0 Å². The van der Waals surface area contributed by atoms with Crippen LogP contribution in [0.3, 0.4) is 0 Å². The normalized spacial score (nSPS) is 16.1. The molecule has 2 N–H and O–H groups in total. The number of carbonyl (C=O) groups excluding carboxylic acids is 1. The van der Waals surface area contributed by atoms with Crippen molar-refractivity contribution in [3.63, 3.8) is 0 Å². The van der Waals surface area contributed by atoms with Crippen molar-refractivity contribution in [1.29, 1.82) is 0 Å². The molecule has 5 nitrogen and oxygen atoms in total. The van der Waals surface area contributed by atoms with Gasteiger partial charge in [-0.2, -0.15) is 13.2 Å². The van der Waals surface area contributed by atoms with Gasteiger partial charge < -0.3 is 15.2 Å². The molecule has 0 heterocycles. The highest BCUT2D eigenvalue weighted by molar-refractivity contribution is 6.10. The van der Waals surface area contributed by atoms with Gasteiger partial charge in [-0.25, -0.2) is 0 Å². The van der Waals surface area contributed by atoms with Gasteiger partial charge in [0.15, 0.2) is 6.61 Å². The zero-order valence-electron chi connectivity index (χ0n) is 10.7. The fourth-order valence-electron chi connectivity index (χ4n) is 1.71. The van der Waals surface area contributed by atoms with Crippen molar-refractivity contribution in [1.82, 2.24) is 0 Å². The highest BCUT2D eigenvalue weighted by Crippen LogP contribution is 2.46. The van der Waals surface area contributed by atoms with E-state index in [9.17, 15) is 22.8 Å². The minimum Gasteiger partial charge on any atom is -0.484 e. The lowest BCUT2D eigenvalue weighted by atomic mass is 10.1. The van der Waals surface area contributed by atoms with Gasteiger partial charge in [-0.15, -0.1) is 0 Å². The summed E-state index contributed by atoms with van der Waals surface area (Å²) < 4.78 is 40.4. The molecule has 1 fully saturated rings. The summed E-state index contributed by atoms with van der Waals surface area (Å²) in [6.45, 7) is -1.40. The maximum atomic E-state index is 12.0. The number of carboxylic acids is 1. The molecule has 1 aliphatic carbocycles. The molecule has 0 bridgehead atoms. The molecule has 1 saturated carbocycles. The fourth-order valence-corrected chi connectivity index (χ4v) is 1.71. The van der Waals surface area contributed by atoms with Crippen LogP contribution in [0, 0.1) is 5.41 Å². The Morgan fingerprint density at radius 2 is 1.81 bits per heavy atom. The van der Waals surface area contributed by atoms with Gasteiger partial charge in [0, 0.05) is 5.69 Å². The van der Waals surface area contributed by atoms with Gasteiger partial charge in [0.05, 0.1) is 0 Å². The third-order valence-corrected chi connectivity index (χ3v) is 3.11. The van der Waals surface area contributed by atoms with E-state index in [1.807, 2.05) is 0 Å². The Kier molecular flexibility index (Phi) is 3.80. The summed E-state index contributed by atoms with van der Waals surface area (Å²) in [6.07, 6.45) is -3.87. The van der Waals surface area contributed by atoms with E-state index in [-0.39, 0.29) is 18.6 Å². The van der Waals surface area contributed by atoms with Gasteiger partial charge in [-0.05, 0) is 37.1 Å². The molecule has 1 aliphatic rings. The largest absolute Gasteiger partial charge is 0.484 e. The van der Waals surface area contributed by atoms with E-state index in [4.69, 9.17) is 5.11 Å². The van der Waals surface area contributed by atoms with E-state index in [1.165, 1.54) is 24.3 Å². The maximum Gasteiger partial charge on any atom is 0.422 e. The number of alkyl halides is 3. The lowest BCUT2D eigenvalue weighted by Crippen LogP contribution is -2.31. The Balaban J connectivity index is 1.94. The SMILES string of the molecule is O=C(O)C1(C(=O)Nc2ccc(OCC(F)(F)F)cc2)CC1. The number of halogens is 3. The smallest absolute Gasteiger partial charge is 0.422 e. The summed E-state index contributed by atoms with van der Waals surface area (Å²) in [5, 5.41) is 11.4. The Bertz CT molecular complexity index is 550. The predicted molar refractivity (Wildman–Crippen MR) is 65.9 cm³/mol. The molecule has 114 valence electrons. The number of benzene rings is 1. The predicted octanol–water partition coefficient (Wildman–Crippen LogP) is 2.43. The van der Waals surface area contributed by atoms with Crippen molar-refractivity contribution in [3.05, 3.63) is 24.3 Å². The minimum atomic E-state index is -4.42. The molecule has 0 unspecified atom stereocenters. The summed E-state index contributed by atoms with van der Waals surface area (Å²) in [6, 6.07) is 5.23. The number of amides is 1. The van der Waals surface area contributed by atoms with Crippen LogP contribution in [0.1, 0.15) is 12.8 Å². The first kappa shape index (κ1) is 15.1. The molecule has 8 heteroatoms. The lowest BCUT2D eigenvalue weighted by molar-refractivity contribution is -0.153. The highest BCUT2D eigenvalue weighted by Gasteiger charge is 2.57. The first-order chi connectivity index (χ1) is 9.73. The van der Waals surface area contributed by atoms with Crippen LogP contribution in [0.5, 0.6) is 5.75 Å². The number of hydrogen-bond donors (Lipinski definition) is 2. The number of carbonyl (C=O) groups is 2. The topological polar surface area (TPSA) is 75.6 Å². The van der Waals surface area contributed by atoms with E-state index in [2.05, 4.69) is 10.1 Å². The molecule has 2 rings (SSSR count). The maximum absolute atomic E-state index is 12.0. The number of carboxylic acid groups (broad SMARTS) is 1. The van der Waals surface area contributed by atoms with Crippen LogP contribution in [0.4, 0.5) is 18.9 Å². The number of ether oxygens (including phenoxy) is 1. The van der Waals surface area contributed by atoms with Crippen LogP contribution >= 0.6 is 0 Å². The molecule has 1 aromatic rings. The van der Waals surface area contributed by atoms with Crippen LogP contribution < -0.4 is 10.1 Å². The first-order valence-corrected chi connectivity index (χ1v) is 6.07. The monoisotopic (exact) mass is 303 g/mol. The molecule has 0 aliphatic heterocycles. The molecule has 1 amide bonds. The summed E-state index contributed by atoms with van der Waals surface area (Å²) in [7, 11) is 0. The standard InChI is InChI=1S/C13H12F3NO4/c14-13(15,16)7-21-9-3-1-8(2-4-9)17-10(18)12(5-6-12)11(19)20/h1-4H,5-7H2,(H,17,18)(H,19,20). The molecule has 21 heavy (non-hydrogen) atoms. The Morgan fingerprint density at radius 1 is 1.24 bits per heavy atom. The zero-order valence-corrected chi connectivity index (χ0v) is 10.7. The highest BCUT2D eigenvalue weighted by atomic mass is 19.4. The third kappa shape index (κ3) is 3.65. The molecule has 0 aromatic heterocycles. The number of rotatable bonds is 5. The molecular weight excluding hydrogens is 291 g/mol. The Morgan fingerprint density at radius 3 is 2.24 bits per heavy atom. The van der Waals surface area contributed by atoms with Crippen LogP contribution in [0.2, 0.25) is 0 Å². The second kappa shape index (κ2) is 5.27. The van der Waals surface area contributed by atoms with Gasteiger partial charge in [-0.1, -0.05) is 0 Å². The zero-order chi connectivity index (χ0) is 15.7. The number of nitrogens with one attached hydrogen (secondary N) is 1.